The quantitative estimate of drug-likeness (QED) is 0.378. The third kappa shape index (κ3) is 5.37. The average molecular weight is 538 g/mol. The highest BCUT2D eigenvalue weighted by Crippen LogP contribution is 2.32. The maximum atomic E-state index is 9.95. The fourth-order valence-electron chi connectivity index (χ4n) is 5.53. The van der Waals surface area contributed by atoms with Crippen LogP contribution in [0.25, 0.3) is 33.8 Å². The Bertz CT molecular complexity index is 1520. The van der Waals surface area contributed by atoms with E-state index in [0.717, 1.165) is 74.7 Å². The van der Waals surface area contributed by atoms with Gasteiger partial charge in [-0.05, 0) is 76.1 Å². The number of nitrogens with one attached hydrogen (secondary N) is 1. The first-order valence-corrected chi connectivity index (χ1v) is 14.0. The second kappa shape index (κ2) is 10.9. The van der Waals surface area contributed by atoms with Gasteiger partial charge in [-0.2, -0.15) is 5.26 Å². The molecule has 9 heteroatoms. The molecule has 4 aromatic rings. The van der Waals surface area contributed by atoms with Crippen LogP contribution in [0.2, 0.25) is 0 Å². The standard InChI is InChI=1S/C31H35N7O2/c1-31(2,3)38-12-10-25(11-13-38)40-26-9-6-22(18-23(26)19-32)27-28-30(34-20-33-27)36-29(35-28)21-4-7-24(8-5-21)37-14-16-39-17-15-37/h4-9,18,20,25H,10-17H2,1-3H3,(H,33,34,35,36). The molecule has 0 spiro atoms. The van der Waals surface area contributed by atoms with Crippen LogP contribution < -0.4 is 9.64 Å². The molecule has 40 heavy (non-hydrogen) atoms. The van der Waals surface area contributed by atoms with Crippen molar-refractivity contribution < 1.29 is 9.47 Å². The molecule has 0 aliphatic carbocycles. The summed E-state index contributed by atoms with van der Waals surface area (Å²) < 4.78 is 11.8. The predicted octanol–water partition coefficient (Wildman–Crippen LogP) is 5.04. The Kier molecular flexibility index (Phi) is 7.13. The smallest absolute Gasteiger partial charge is 0.181 e. The second-order valence-corrected chi connectivity index (χ2v) is 11.5. The Hall–Kier alpha value is -4.00. The maximum Gasteiger partial charge on any atom is 0.181 e. The van der Waals surface area contributed by atoms with Gasteiger partial charge in [0.2, 0.25) is 0 Å². The molecule has 0 saturated carbocycles. The first kappa shape index (κ1) is 26.2. The van der Waals surface area contributed by atoms with Gasteiger partial charge in [0, 0.05) is 48.5 Å². The van der Waals surface area contributed by atoms with Gasteiger partial charge < -0.3 is 19.4 Å². The van der Waals surface area contributed by atoms with E-state index in [1.165, 1.54) is 12.0 Å². The number of aromatic amines is 1. The molecule has 2 fully saturated rings. The highest BCUT2D eigenvalue weighted by atomic mass is 16.5. The summed E-state index contributed by atoms with van der Waals surface area (Å²) in [5.41, 5.74) is 5.65. The Morgan fingerprint density at radius 2 is 1.70 bits per heavy atom. The van der Waals surface area contributed by atoms with E-state index in [1.54, 1.807) is 0 Å². The summed E-state index contributed by atoms with van der Waals surface area (Å²) in [7, 11) is 0. The van der Waals surface area contributed by atoms with Crippen LogP contribution in [-0.2, 0) is 4.74 Å². The van der Waals surface area contributed by atoms with E-state index in [-0.39, 0.29) is 11.6 Å². The number of likely N-dealkylation sites (tertiary alicyclic amines) is 1. The Balaban J connectivity index is 1.22. The number of nitrogens with zero attached hydrogens (tertiary/aromatic N) is 6. The maximum absolute atomic E-state index is 9.95. The van der Waals surface area contributed by atoms with Crippen LogP contribution in [0.3, 0.4) is 0 Å². The molecule has 4 heterocycles. The monoisotopic (exact) mass is 537 g/mol. The van der Waals surface area contributed by atoms with Crippen LogP contribution in [0.1, 0.15) is 39.2 Å². The SMILES string of the molecule is CC(C)(C)N1CCC(Oc2ccc(-c3ncnc4nc(-c5ccc(N6CCOCC6)cc5)[nH]c34)cc2C#N)CC1. The molecule has 6 rings (SSSR count). The van der Waals surface area contributed by atoms with Crippen molar-refractivity contribution in [2.45, 2.75) is 45.3 Å². The summed E-state index contributed by atoms with van der Waals surface area (Å²) >= 11 is 0. The largest absolute Gasteiger partial charge is 0.489 e. The van der Waals surface area contributed by atoms with E-state index in [1.807, 2.05) is 18.2 Å². The number of piperidine rings is 1. The third-order valence-corrected chi connectivity index (χ3v) is 7.86. The van der Waals surface area contributed by atoms with E-state index in [2.05, 4.69) is 75.9 Å². The van der Waals surface area contributed by atoms with Crippen molar-refractivity contribution in [2.24, 2.45) is 0 Å². The van der Waals surface area contributed by atoms with Crippen molar-refractivity contribution in [3.63, 3.8) is 0 Å². The van der Waals surface area contributed by atoms with Crippen LogP contribution in [-0.4, -0.2) is 75.9 Å². The predicted molar refractivity (Wildman–Crippen MR) is 155 cm³/mol. The molecular weight excluding hydrogens is 502 g/mol. The molecule has 0 atom stereocenters. The zero-order chi connectivity index (χ0) is 27.7. The van der Waals surface area contributed by atoms with E-state index < -0.39 is 0 Å². The number of benzene rings is 2. The normalized spacial score (nSPS) is 17.2. The number of anilines is 1. The molecule has 0 amide bonds. The van der Waals surface area contributed by atoms with Crippen molar-refractivity contribution >= 4 is 16.9 Å². The Morgan fingerprint density at radius 3 is 2.40 bits per heavy atom. The minimum Gasteiger partial charge on any atom is -0.489 e. The number of H-pyrrole nitrogens is 1. The zero-order valence-corrected chi connectivity index (χ0v) is 23.4. The minimum atomic E-state index is 0.104. The fraction of sp³-hybridized carbons (Fsp3) is 0.419. The number of fused-ring (bicyclic) bond motifs is 1. The Labute approximate surface area is 234 Å². The van der Waals surface area contributed by atoms with Gasteiger partial charge in [0.25, 0.3) is 0 Å². The van der Waals surface area contributed by atoms with Gasteiger partial charge in [0.15, 0.2) is 5.65 Å². The van der Waals surface area contributed by atoms with Gasteiger partial charge in [-0.15, -0.1) is 0 Å². The molecule has 0 radical (unpaired) electrons. The van der Waals surface area contributed by atoms with Crippen LogP contribution in [0, 0.1) is 11.3 Å². The molecule has 2 aromatic carbocycles. The zero-order valence-electron chi connectivity index (χ0n) is 23.4. The summed E-state index contributed by atoms with van der Waals surface area (Å²) in [6.45, 7) is 12.0. The molecule has 0 unspecified atom stereocenters. The van der Waals surface area contributed by atoms with Gasteiger partial charge >= 0.3 is 0 Å². The molecule has 9 nitrogen and oxygen atoms in total. The van der Waals surface area contributed by atoms with Gasteiger partial charge in [-0.1, -0.05) is 0 Å². The van der Waals surface area contributed by atoms with E-state index in [9.17, 15) is 5.26 Å². The first-order chi connectivity index (χ1) is 19.4. The average Bonchev–Trinajstić information content (AvgIpc) is 3.42. The van der Waals surface area contributed by atoms with Gasteiger partial charge in [-0.25, -0.2) is 15.0 Å². The number of nitriles is 1. The summed E-state index contributed by atoms with van der Waals surface area (Å²) in [6, 6.07) is 16.4. The van der Waals surface area contributed by atoms with Crippen molar-refractivity contribution in [2.75, 3.05) is 44.3 Å². The van der Waals surface area contributed by atoms with Gasteiger partial charge in [0.05, 0.1) is 24.5 Å². The summed E-state index contributed by atoms with van der Waals surface area (Å²) in [6.07, 6.45) is 3.51. The number of hydrogen-bond donors (Lipinski definition) is 1. The number of morpholine rings is 1. The van der Waals surface area contributed by atoms with Crippen molar-refractivity contribution in [1.29, 1.82) is 5.26 Å². The number of aromatic nitrogens is 4. The van der Waals surface area contributed by atoms with Gasteiger partial charge in [-0.3, -0.25) is 4.90 Å². The number of hydrogen-bond acceptors (Lipinski definition) is 8. The first-order valence-electron chi connectivity index (χ1n) is 14.0. The van der Waals surface area contributed by atoms with Crippen LogP contribution in [0.15, 0.2) is 48.8 Å². The summed E-state index contributed by atoms with van der Waals surface area (Å²) in [5, 5.41) is 9.95. The topological polar surface area (TPSA) is 103 Å². The van der Waals surface area contributed by atoms with Crippen LogP contribution in [0.5, 0.6) is 5.75 Å². The van der Waals surface area contributed by atoms with E-state index >= 15 is 0 Å². The molecule has 2 aliphatic heterocycles. The van der Waals surface area contributed by atoms with Crippen molar-refractivity contribution in [1.82, 2.24) is 24.8 Å². The van der Waals surface area contributed by atoms with E-state index in [0.29, 0.717) is 22.7 Å². The molecular formula is C31H35N7O2. The molecule has 2 aliphatic rings. The Morgan fingerprint density at radius 1 is 0.975 bits per heavy atom. The third-order valence-electron chi connectivity index (χ3n) is 7.86. The lowest BCUT2D eigenvalue weighted by molar-refractivity contribution is 0.0490. The number of rotatable bonds is 5. The number of imidazole rings is 1. The lowest BCUT2D eigenvalue weighted by Gasteiger charge is -2.40. The van der Waals surface area contributed by atoms with Crippen molar-refractivity contribution in [3.05, 3.63) is 54.4 Å². The fourth-order valence-corrected chi connectivity index (χ4v) is 5.53. The van der Waals surface area contributed by atoms with Gasteiger partial charge in [0.1, 0.15) is 35.6 Å². The summed E-state index contributed by atoms with van der Waals surface area (Å²) in [5.74, 6) is 1.35. The van der Waals surface area contributed by atoms with E-state index in [4.69, 9.17) is 14.5 Å². The molecule has 1 N–H and O–H groups in total. The van der Waals surface area contributed by atoms with Crippen LogP contribution in [0.4, 0.5) is 5.69 Å². The molecule has 0 bridgehead atoms. The molecule has 2 saturated heterocycles. The van der Waals surface area contributed by atoms with Crippen molar-refractivity contribution in [3.8, 4) is 34.5 Å². The highest BCUT2D eigenvalue weighted by Gasteiger charge is 2.28. The molecule has 206 valence electrons. The minimum absolute atomic E-state index is 0.104. The number of ether oxygens (including phenoxy) is 2. The highest BCUT2D eigenvalue weighted by molar-refractivity contribution is 5.89. The second-order valence-electron chi connectivity index (χ2n) is 11.5. The lowest BCUT2D eigenvalue weighted by atomic mass is 9.99. The van der Waals surface area contributed by atoms with Crippen LogP contribution >= 0.6 is 0 Å². The lowest BCUT2D eigenvalue weighted by Crippen LogP contribution is -2.48. The summed E-state index contributed by atoms with van der Waals surface area (Å²) in [4.78, 5) is 21.9. The molecule has 2 aromatic heterocycles.